The Morgan fingerprint density at radius 3 is 2.37 bits per heavy atom. The molecule has 3 N–H and O–H groups in total. The van der Waals surface area contributed by atoms with E-state index in [4.69, 9.17) is 19.9 Å². The molecule has 2 unspecified atom stereocenters. The quantitative estimate of drug-likeness (QED) is 0.239. The van der Waals surface area contributed by atoms with Gasteiger partial charge in [0.25, 0.3) is 0 Å². The Labute approximate surface area is 238 Å². The van der Waals surface area contributed by atoms with Crippen LogP contribution in [0, 0.1) is 5.82 Å². The van der Waals surface area contributed by atoms with Crippen LogP contribution in [0.25, 0.3) is 0 Å². The SMILES string of the molecule is CC(O)c1c(N)ccc(N(C(Cc2ccc(F)cc2)c2ccc3c(c2)OCO3)S(C)(=O)=O)c1OCc1ccccc1. The highest BCUT2D eigenvalue weighted by atomic mass is 32.2. The van der Waals surface area contributed by atoms with Crippen molar-refractivity contribution in [3.05, 3.63) is 113 Å². The Hall–Kier alpha value is -4.28. The number of fused-ring (bicyclic) bond motifs is 1. The molecule has 1 aliphatic heterocycles. The Morgan fingerprint density at radius 2 is 1.68 bits per heavy atom. The largest absolute Gasteiger partial charge is 0.486 e. The summed E-state index contributed by atoms with van der Waals surface area (Å²) in [5.41, 5.74) is 9.20. The van der Waals surface area contributed by atoms with Crippen molar-refractivity contribution in [3.8, 4) is 17.2 Å². The van der Waals surface area contributed by atoms with E-state index in [2.05, 4.69) is 0 Å². The van der Waals surface area contributed by atoms with Crippen LogP contribution in [0.4, 0.5) is 15.8 Å². The molecule has 0 saturated heterocycles. The molecule has 1 aliphatic rings. The predicted molar refractivity (Wildman–Crippen MR) is 155 cm³/mol. The van der Waals surface area contributed by atoms with Crippen LogP contribution in [0.5, 0.6) is 17.2 Å². The van der Waals surface area contributed by atoms with Crippen LogP contribution in [0.2, 0.25) is 0 Å². The van der Waals surface area contributed by atoms with E-state index in [-0.39, 0.29) is 42.5 Å². The third kappa shape index (κ3) is 6.23. The number of benzene rings is 4. The van der Waals surface area contributed by atoms with Crippen molar-refractivity contribution in [2.24, 2.45) is 0 Å². The summed E-state index contributed by atoms with van der Waals surface area (Å²) in [5.74, 6) is 0.794. The minimum absolute atomic E-state index is 0.0599. The van der Waals surface area contributed by atoms with Gasteiger partial charge in [-0.2, -0.15) is 0 Å². The molecule has 0 saturated carbocycles. The molecule has 0 spiro atoms. The van der Waals surface area contributed by atoms with Crippen molar-refractivity contribution in [2.75, 3.05) is 23.1 Å². The number of nitrogen functional groups attached to an aromatic ring is 1. The highest BCUT2D eigenvalue weighted by molar-refractivity contribution is 7.92. The van der Waals surface area contributed by atoms with Gasteiger partial charge in [0.15, 0.2) is 17.2 Å². The molecule has 0 bridgehead atoms. The molecule has 0 radical (unpaired) electrons. The first-order valence-corrected chi connectivity index (χ1v) is 14.9. The molecule has 0 fully saturated rings. The van der Waals surface area contributed by atoms with E-state index < -0.39 is 28.0 Å². The van der Waals surface area contributed by atoms with Gasteiger partial charge in [-0.25, -0.2) is 12.8 Å². The maximum atomic E-state index is 13.8. The van der Waals surface area contributed by atoms with Gasteiger partial charge >= 0.3 is 0 Å². The Balaban J connectivity index is 1.68. The molecule has 1 heterocycles. The van der Waals surface area contributed by atoms with Gasteiger partial charge in [-0.1, -0.05) is 48.5 Å². The molecule has 5 rings (SSSR count). The zero-order chi connectivity index (χ0) is 29.1. The van der Waals surface area contributed by atoms with Crippen LogP contribution in [0.1, 0.15) is 41.3 Å². The summed E-state index contributed by atoms with van der Waals surface area (Å²) in [6, 6.07) is 22.9. The molecule has 10 heteroatoms. The van der Waals surface area contributed by atoms with Crippen LogP contribution in [0.3, 0.4) is 0 Å². The van der Waals surface area contributed by atoms with Crippen LogP contribution >= 0.6 is 0 Å². The van der Waals surface area contributed by atoms with E-state index in [9.17, 15) is 17.9 Å². The highest BCUT2D eigenvalue weighted by Gasteiger charge is 2.34. The number of anilines is 2. The number of sulfonamides is 1. The number of hydrogen-bond acceptors (Lipinski definition) is 7. The van der Waals surface area contributed by atoms with Gasteiger partial charge in [0, 0.05) is 11.3 Å². The van der Waals surface area contributed by atoms with E-state index in [0.717, 1.165) is 11.8 Å². The van der Waals surface area contributed by atoms with Crippen molar-refractivity contribution < 1.29 is 32.1 Å². The Morgan fingerprint density at radius 1 is 0.976 bits per heavy atom. The molecule has 41 heavy (non-hydrogen) atoms. The molecule has 0 amide bonds. The fourth-order valence-electron chi connectivity index (χ4n) is 4.97. The van der Waals surface area contributed by atoms with Crippen molar-refractivity contribution in [3.63, 3.8) is 0 Å². The summed E-state index contributed by atoms with van der Waals surface area (Å²) >= 11 is 0. The number of halogens is 1. The zero-order valence-electron chi connectivity index (χ0n) is 22.7. The maximum Gasteiger partial charge on any atom is 0.232 e. The summed E-state index contributed by atoms with van der Waals surface area (Å²) in [6.45, 7) is 1.72. The number of aliphatic hydroxyl groups excluding tert-OH is 1. The fourth-order valence-corrected chi connectivity index (χ4v) is 6.13. The third-order valence-corrected chi connectivity index (χ3v) is 8.02. The summed E-state index contributed by atoms with van der Waals surface area (Å²) < 4.78 is 59.7. The Kier molecular flexibility index (Phi) is 8.05. The molecule has 8 nitrogen and oxygen atoms in total. The number of ether oxygens (including phenoxy) is 3. The fraction of sp³-hybridized carbons (Fsp3) is 0.226. The number of nitrogens with zero attached hydrogens (tertiary/aromatic N) is 1. The standard InChI is InChI=1S/C31H31FN2O6S/c1-20(35)30-25(33)13-14-26(31(30)38-18-22-6-4-3-5-7-22)34(41(2,36)37)27(16-21-8-11-24(32)12-9-21)23-10-15-28-29(17-23)40-19-39-28/h3-15,17,20,27,35H,16,18-19,33H2,1-2H3. The molecular formula is C31H31FN2O6S. The molecule has 0 aromatic heterocycles. The molecule has 4 aromatic carbocycles. The van der Waals surface area contributed by atoms with E-state index >= 15 is 0 Å². The van der Waals surface area contributed by atoms with Crippen LogP contribution in [-0.2, 0) is 23.1 Å². The van der Waals surface area contributed by atoms with E-state index in [1.807, 2.05) is 30.3 Å². The van der Waals surface area contributed by atoms with Crippen molar-refractivity contribution >= 4 is 21.4 Å². The van der Waals surface area contributed by atoms with Gasteiger partial charge in [-0.15, -0.1) is 0 Å². The van der Waals surface area contributed by atoms with Gasteiger partial charge in [0.1, 0.15) is 12.4 Å². The monoisotopic (exact) mass is 578 g/mol. The minimum atomic E-state index is -3.98. The van der Waals surface area contributed by atoms with Gasteiger partial charge in [-0.05, 0) is 66.4 Å². The Bertz CT molecular complexity index is 1630. The summed E-state index contributed by atoms with van der Waals surface area (Å²) in [5, 5.41) is 10.7. The van der Waals surface area contributed by atoms with Crippen molar-refractivity contribution in [1.29, 1.82) is 0 Å². The molecule has 214 valence electrons. The number of aliphatic hydroxyl groups is 1. The van der Waals surface area contributed by atoms with Crippen LogP contribution < -0.4 is 24.2 Å². The van der Waals surface area contributed by atoms with Gasteiger partial charge in [0.2, 0.25) is 16.8 Å². The summed E-state index contributed by atoms with van der Waals surface area (Å²) in [7, 11) is -3.98. The minimum Gasteiger partial charge on any atom is -0.486 e. The number of nitrogens with two attached hydrogens (primary N) is 1. The normalized spacial score (nSPS) is 14.0. The van der Waals surface area contributed by atoms with Crippen LogP contribution in [0.15, 0.2) is 84.9 Å². The van der Waals surface area contributed by atoms with Gasteiger partial charge in [0.05, 0.1) is 24.1 Å². The lowest BCUT2D eigenvalue weighted by atomic mass is 9.97. The second-order valence-electron chi connectivity index (χ2n) is 9.88. The molecule has 4 aromatic rings. The van der Waals surface area contributed by atoms with E-state index in [0.29, 0.717) is 22.6 Å². The van der Waals surface area contributed by atoms with Crippen molar-refractivity contribution in [2.45, 2.75) is 32.1 Å². The van der Waals surface area contributed by atoms with E-state index in [1.54, 1.807) is 49.4 Å². The number of hydrogen-bond donors (Lipinski definition) is 2. The average molecular weight is 579 g/mol. The maximum absolute atomic E-state index is 13.8. The third-order valence-electron chi connectivity index (χ3n) is 6.85. The summed E-state index contributed by atoms with van der Waals surface area (Å²) in [4.78, 5) is 0. The average Bonchev–Trinajstić information content (AvgIpc) is 3.41. The van der Waals surface area contributed by atoms with Gasteiger partial charge < -0.3 is 25.1 Å². The second-order valence-corrected chi connectivity index (χ2v) is 11.7. The lowest BCUT2D eigenvalue weighted by molar-refractivity contribution is 0.174. The molecule has 2 atom stereocenters. The number of rotatable bonds is 10. The summed E-state index contributed by atoms with van der Waals surface area (Å²) in [6.07, 6.45) is 0.250. The highest BCUT2D eigenvalue weighted by Crippen LogP contribution is 2.45. The smallest absolute Gasteiger partial charge is 0.232 e. The first kappa shape index (κ1) is 28.3. The van der Waals surface area contributed by atoms with Crippen molar-refractivity contribution in [1.82, 2.24) is 0 Å². The first-order chi connectivity index (χ1) is 19.6. The van der Waals surface area contributed by atoms with Crippen LogP contribution in [-0.4, -0.2) is 26.6 Å². The first-order valence-electron chi connectivity index (χ1n) is 13.0. The predicted octanol–water partition coefficient (Wildman–Crippen LogP) is 5.52. The van der Waals surface area contributed by atoms with Gasteiger partial charge in [-0.3, -0.25) is 4.31 Å². The molecular weight excluding hydrogens is 547 g/mol. The van der Waals surface area contributed by atoms with E-state index in [1.165, 1.54) is 16.4 Å². The lowest BCUT2D eigenvalue weighted by Gasteiger charge is -2.34. The second kappa shape index (κ2) is 11.7. The zero-order valence-corrected chi connectivity index (χ0v) is 23.5. The topological polar surface area (TPSA) is 111 Å². The lowest BCUT2D eigenvalue weighted by Crippen LogP contribution is -2.36. The molecule has 0 aliphatic carbocycles.